The normalized spacial score (nSPS) is 30.1. The molecular formula is C20H29N4O2+. The lowest BCUT2D eigenvalue weighted by Gasteiger charge is -2.37. The van der Waals surface area contributed by atoms with E-state index in [0.717, 1.165) is 51.9 Å². The second-order valence-corrected chi connectivity index (χ2v) is 8.01. The molecule has 0 radical (unpaired) electrons. The molecular weight excluding hydrogens is 328 g/mol. The van der Waals surface area contributed by atoms with E-state index in [4.69, 9.17) is 0 Å². The van der Waals surface area contributed by atoms with Crippen LogP contribution in [0.1, 0.15) is 32.6 Å². The van der Waals surface area contributed by atoms with Gasteiger partial charge in [-0.3, -0.25) is 4.79 Å². The van der Waals surface area contributed by atoms with Gasteiger partial charge in [-0.05, 0) is 30.9 Å². The molecule has 2 saturated heterocycles. The Morgan fingerprint density at radius 3 is 2.58 bits per heavy atom. The summed E-state index contributed by atoms with van der Waals surface area (Å²) in [6.45, 7) is 6.37. The summed E-state index contributed by atoms with van der Waals surface area (Å²) >= 11 is 0. The maximum atomic E-state index is 13.1. The molecule has 1 aliphatic carbocycles. The second kappa shape index (κ2) is 6.91. The van der Waals surface area contributed by atoms with E-state index < -0.39 is 5.54 Å². The highest BCUT2D eigenvalue weighted by Crippen LogP contribution is 2.37. The van der Waals surface area contributed by atoms with Crippen LogP contribution in [0.15, 0.2) is 30.3 Å². The largest absolute Gasteiger partial charge is 0.360 e. The molecule has 3 fully saturated rings. The SMILES string of the molecule is C[C@@H]1CCCC[C@]12NC(=O)N(C[NH+]1CCN(c3ccccc3)CC1)C2=O. The van der Waals surface area contributed by atoms with Crippen LogP contribution in [0, 0.1) is 5.92 Å². The molecule has 0 unspecified atom stereocenters. The van der Waals surface area contributed by atoms with Crippen LogP contribution in [-0.2, 0) is 4.79 Å². The molecule has 3 aliphatic rings. The number of carbonyl (C=O) groups is 2. The van der Waals surface area contributed by atoms with Gasteiger partial charge in [0.25, 0.3) is 5.91 Å². The number of nitrogens with zero attached hydrogens (tertiary/aromatic N) is 2. The van der Waals surface area contributed by atoms with Gasteiger partial charge in [0.1, 0.15) is 5.54 Å². The van der Waals surface area contributed by atoms with E-state index >= 15 is 0 Å². The van der Waals surface area contributed by atoms with Crippen molar-refractivity contribution in [1.82, 2.24) is 10.2 Å². The first-order valence-electron chi connectivity index (χ1n) is 9.88. The Labute approximate surface area is 155 Å². The van der Waals surface area contributed by atoms with Gasteiger partial charge in [-0.15, -0.1) is 0 Å². The predicted octanol–water partition coefficient (Wildman–Crippen LogP) is 0.850. The van der Waals surface area contributed by atoms with Gasteiger partial charge in [-0.2, -0.15) is 0 Å². The molecule has 1 spiro atoms. The Balaban J connectivity index is 1.38. The molecule has 0 bridgehead atoms. The van der Waals surface area contributed by atoms with E-state index in [1.807, 2.05) is 6.07 Å². The lowest BCUT2D eigenvalue weighted by atomic mass is 9.73. The molecule has 1 aromatic rings. The van der Waals surface area contributed by atoms with E-state index in [-0.39, 0.29) is 17.9 Å². The van der Waals surface area contributed by atoms with Crippen molar-refractivity contribution >= 4 is 17.6 Å². The van der Waals surface area contributed by atoms with Crippen LogP contribution < -0.4 is 15.1 Å². The predicted molar refractivity (Wildman–Crippen MR) is 100.0 cm³/mol. The Morgan fingerprint density at radius 1 is 1.15 bits per heavy atom. The van der Waals surface area contributed by atoms with Gasteiger partial charge in [0.15, 0.2) is 6.67 Å². The fraction of sp³-hybridized carbons (Fsp3) is 0.600. The number of imide groups is 1. The Morgan fingerprint density at radius 2 is 1.88 bits per heavy atom. The fourth-order valence-corrected chi connectivity index (χ4v) is 4.74. The highest BCUT2D eigenvalue weighted by atomic mass is 16.2. The maximum absolute atomic E-state index is 13.1. The van der Waals surface area contributed by atoms with Crippen LogP contribution in [0.25, 0.3) is 0 Å². The molecule has 3 amide bonds. The Hall–Kier alpha value is -2.08. The van der Waals surface area contributed by atoms with Crippen LogP contribution in [0.4, 0.5) is 10.5 Å². The maximum Gasteiger partial charge on any atom is 0.329 e. The summed E-state index contributed by atoms with van der Waals surface area (Å²) in [5.41, 5.74) is 0.609. The van der Waals surface area contributed by atoms with Crippen molar-refractivity contribution in [2.45, 2.75) is 38.1 Å². The topological polar surface area (TPSA) is 57.1 Å². The summed E-state index contributed by atoms with van der Waals surface area (Å²) in [7, 11) is 0. The van der Waals surface area contributed by atoms with Crippen LogP contribution in [0.5, 0.6) is 0 Å². The third kappa shape index (κ3) is 2.96. The van der Waals surface area contributed by atoms with Crippen molar-refractivity contribution in [1.29, 1.82) is 0 Å². The number of benzene rings is 1. The van der Waals surface area contributed by atoms with E-state index in [1.165, 1.54) is 15.5 Å². The minimum Gasteiger partial charge on any atom is -0.360 e. The van der Waals surface area contributed by atoms with Gasteiger partial charge in [0.05, 0.1) is 26.2 Å². The van der Waals surface area contributed by atoms with Gasteiger partial charge in [0, 0.05) is 5.69 Å². The minimum atomic E-state index is -0.638. The number of urea groups is 1. The van der Waals surface area contributed by atoms with E-state index in [2.05, 4.69) is 41.4 Å². The summed E-state index contributed by atoms with van der Waals surface area (Å²) in [6, 6.07) is 10.2. The molecule has 2 N–H and O–H groups in total. The Bertz CT molecular complexity index is 672. The molecule has 2 aliphatic heterocycles. The third-order valence-corrected chi connectivity index (χ3v) is 6.48. The molecule has 6 nitrogen and oxygen atoms in total. The zero-order valence-corrected chi connectivity index (χ0v) is 15.5. The summed E-state index contributed by atoms with van der Waals surface area (Å²) < 4.78 is 0. The van der Waals surface area contributed by atoms with Crippen molar-refractivity contribution in [2.75, 3.05) is 37.7 Å². The molecule has 2 heterocycles. The third-order valence-electron chi connectivity index (χ3n) is 6.48. The van der Waals surface area contributed by atoms with Gasteiger partial charge in [0.2, 0.25) is 0 Å². The molecule has 1 aromatic carbocycles. The highest BCUT2D eigenvalue weighted by Gasteiger charge is 2.55. The first-order chi connectivity index (χ1) is 12.6. The molecule has 0 aromatic heterocycles. The second-order valence-electron chi connectivity index (χ2n) is 8.01. The number of carbonyl (C=O) groups excluding carboxylic acids is 2. The van der Waals surface area contributed by atoms with Gasteiger partial charge in [-0.25, -0.2) is 9.69 Å². The molecule has 2 atom stereocenters. The van der Waals surface area contributed by atoms with E-state index in [0.29, 0.717) is 6.67 Å². The molecule has 4 rings (SSSR count). The zero-order chi connectivity index (χ0) is 18.1. The number of nitrogens with one attached hydrogen (secondary N) is 2. The van der Waals surface area contributed by atoms with Gasteiger partial charge >= 0.3 is 6.03 Å². The molecule has 26 heavy (non-hydrogen) atoms. The minimum absolute atomic E-state index is 0.00712. The van der Waals surface area contributed by atoms with Crippen molar-refractivity contribution in [3.8, 4) is 0 Å². The van der Waals surface area contributed by atoms with Crippen molar-refractivity contribution < 1.29 is 14.5 Å². The lowest BCUT2D eigenvalue weighted by molar-refractivity contribution is -0.907. The average molecular weight is 357 g/mol. The number of amides is 3. The Kier molecular flexibility index (Phi) is 4.61. The quantitative estimate of drug-likeness (QED) is 0.789. The van der Waals surface area contributed by atoms with Gasteiger partial charge < -0.3 is 15.1 Å². The van der Waals surface area contributed by atoms with Crippen LogP contribution in [0.3, 0.4) is 0 Å². The zero-order valence-electron chi connectivity index (χ0n) is 15.5. The summed E-state index contributed by atoms with van der Waals surface area (Å²) in [5, 5.41) is 3.06. The summed E-state index contributed by atoms with van der Waals surface area (Å²) in [5.74, 6) is 0.232. The molecule has 6 heteroatoms. The lowest BCUT2D eigenvalue weighted by Crippen LogP contribution is -3.16. The highest BCUT2D eigenvalue weighted by molar-refractivity contribution is 6.07. The first-order valence-corrected chi connectivity index (χ1v) is 9.88. The molecule has 140 valence electrons. The summed E-state index contributed by atoms with van der Waals surface area (Å²) in [6.07, 6.45) is 3.97. The number of para-hydroxylation sites is 1. The van der Waals surface area contributed by atoms with E-state index in [9.17, 15) is 9.59 Å². The van der Waals surface area contributed by atoms with Crippen molar-refractivity contribution in [2.24, 2.45) is 5.92 Å². The number of hydrogen-bond donors (Lipinski definition) is 2. The number of piperazine rings is 1. The number of rotatable bonds is 3. The first kappa shape index (κ1) is 17.3. The fourth-order valence-electron chi connectivity index (χ4n) is 4.74. The van der Waals surface area contributed by atoms with Gasteiger partial charge in [-0.1, -0.05) is 38.0 Å². The van der Waals surface area contributed by atoms with Crippen LogP contribution in [0.2, 0.25) is 0 Å². The van der Waals surface area contributed by atoms with Crippen molar-refractivity contribution in [3.05, 3.63) is 30.3 Å². The monoisotopic (exact) mass is 357 g/mol. The smallest absolute Gasteiger partial charge is 0.329 e. The molecule has 1 saturated carbocycles. The number of anilines is 1. The van der Waals surface area contributed by atoms with Crippen LogP contribution >= 0.6 is 0 Å². The number of quaternary nitrogens is 1. The average Bonchev–Trinajstić information content (AvgIpc) is 2.90. The van der Waals surface area contributed by atoms with Crippen LogP contribution in [-0.4, -0.2) is 55.2 Å². The number of hydrogen-bond acceptors (Lipinski definition) is 3. The summed E-state index contributed by atoms with van der Waals surface area (Å²) in [4.78, 5) is 30.8. The van der Waals surface area contributed by atoms with E-state index in [1.54, 1.807) is 0 Å². The standard InChI is InChI=1S/C20H28N4O2/c1-16-7-5-6-10-20(16)18(25)24(19(26)21-20)15-22-11-13-23(14-12-22)17-8-3-2-4-9-17/h2-4,8-9,16H,5-7,10-15H2,1H3,(H,21,26)/p+1/t16-,20+/m1/s1. The van der Waals surface area contributed by atoms with Crippen molar-refractivity contribution in [3.63, 3.8) is 0 Å².